The van der Waals surface area contributed by atoms with E-state index in [1.165, 1.54) is 0 Å². The number of aromatic nitrogens is 2. The quantitative estimate of drug-likeness (QED) is 0.744. The van der Waals surface area contributed by atoms with Crippen LogP contribution in [0.1, 0.15) is 83.3 Å². The Morgan fingerprint density at radius 2 is 1.74 bits per heavy atom. The molecule has 0 N–H and O–H groups in total. The van der Waals surface area contributed by atoms with Gasteiger partial charge in [-0.05, 0) is 61.3 Å². The van der Waals surface area contributed by atoms with E-state index < -0.39 is 5.60 Å². The number of likely N-dealkylation sites (tertiary alicyclic amines) is 1. The Balaban J connectivity index is 2.20. The van der Waals surface area contributed by atoms with E-state index in [1.54, 1.807) is 18.0 Å². The zero-order valence-electron chi connectivity index (χ0n) is 17.7. The molecule has 1 aliphatic heterocycles. The molecule has 7 nitrogen and oxygen atoms in total. The molecule has 0 saturated carbocycles. The third kappa shape index (κ3) is 5.23. The van der Waals surface area contributed by atoms with Gasteiger partial charge in [-0.15, -0.1) is 0 Å². The van der Waals surface area contributed by atoms with E-state index in [0.717, 1.165) is 18.5 Å². The van der Waals surface area contributed by atoms with Crippen LogP contribution in [0, 0.1) is 0 Å². The molecule has 27 heavy (non-hydrogen) atoms. The summed E-state index contributed by atoms with van der Waals surface area (Å²) >= 11 is 0. The van der Waals surface area contributed by atoms with Gasteiger partial charge in [0.25, 0.3) is 0 Å². The average molecular weight is 380 g/mol. The smallest absolute Gasteiger partial charge is 0.410 e. The van der Waals surface area contributed by atoms with Crippen LogP contribution < -0.4 is 0 Å². The lowest BCUT2D eigenvalue weighted by atomic mass is 9.90. The topological polar surface area (TPSA) is 73.7 Å². The predicted octanol–water partition coefficient (Wildman–Crippen LogP) is 3.93. The molecule has 1 saturated heterocycles. The van der Waals surface area contributed by atoms with Crippen LogP contribution in [0.4, 0.5) is 4.79 Å². The summed E-state index contributed by atoms with van der Waals surface area (Å²) in [6, 6.07) is 0. The summed E-state index contributed by atoms with van der Waals surface area (Å²) in [4.78, 5) is 26.5. The number of nitrogens with zero attached hydrogens (tertiary/aromatic N) is 3. The molecular formula is C20H33N3O4. The van der Waals surface area contributed by atoms with Crippen molar-refractivity contribution < 1.29 is 19.1 Å². The molecule has 1 aromatic rings. The highest BCUT2D eigenvalue weighted by Crippen LogP contribution is 2.34. The second-order valence-electron chi connectivity index (χ2n) is 8.99. The van der Waals surface area contributed by atoms with E-state index in [0.29, 0.717) is 25.3 Å². The van der Waals surface area contributed by atoms with Gasteiger partial charge in [0.1, 0.15) is 11.2 Å². The minimum absolute atomic E-state index is 0.143. The van der Waals surface area contributed by atoms with Crippen molar-refractivity contribution in [3.63, 3.8) is 0 Å². The minimum atomic E-state index is -0.504. The maximum atomic E-state index is 12.4. The molecule has 0 spiro atoms. The van der Waals surface area contributed by atoms with Crippen molar-refractivity contribution in [3.8, 4) is 0 Å². The number of amides is 1. The number of carbonyl (C=O) groups excluding carboxylic acids is 2. The molecule has 1 fully saturated rings. The van der Waals surface area contributed by atoms with Crippen LogP contribution in [0.5, 0.6) is 0 Å². The number of hydrogen-bond acceptors (Lipinski definition) is 5. The number of carbonyl (C=O) groups is 2. The van der Waals surface area contributed by atoms with Crippen molar-refractivity contribution in [2.75, 3.05) is 19.7 Å². The van der Waals surface area contributed by atoms with Gasteiger partial charge in [0.2, 0.25) is 0 Å². The summed E-state index contributed by atoms with van der Waals surface area (Å²) in [5, 5.41) is 4.48. The Kier molecular flexibility index (Phi) is 6.22. The second kappa shape index (κ2) is 7.90. The molecule has 1 amide bonds. The fourth-order valence-electron chi connectivity index (χ4n) is 3.31. The van der Waals surface area contributed by atoms with Gasteiger partial charge >= 0.3 is 12.1 Å². The lowest BCUT2D eigenvalue weighted by molar-refractivity contribution is 0.0200. The van der Waals surface area contributed by atoms with Gasteiger partial charge in [0.15, 0.2) is 0 Å². The number of piperidine rings is 1. The van der Waals surface area contributed by atoms with Crippen molar-refractivity contribution in [3.05, 3.63) is 17.5 Å². The van der Waals surface area contributed by atoms with Gasteiger partial charge in [-0.1, -0.05) is 0 Å². The molecule has 2 heterocycles. The molecule has 152 valence electrons. The Morgan fingerprint density at radius 1 is 1.15 bits per heavy atom. The lowest BCUT2D eigenvalue weighted by Crippen LogP contribution is -2.42. The van der Waals surface area contributed by atoms with Crippen molar-refractivity contribution in [2.24, 2.45) is 0 Å². The zero-order valence-corrected chi connectivity index (χ0v) is 17.7. The Morgan fingerprint density at radius 3 is 2.22 bits per heavy atom. The van der Waals surface area contributed by atoms with Crippen LogP contribution in [-0.4, -0.2) is 52.0 Å². The van der Waals surface area contributed by atoms with Gasteiger partial charge < -0.3 is 14.4 Å². The third-order valence-corrected chi connectivity index (χ3v) is 4.47. The first-order valence-corrected chi connectivity index (χ1v) is 9.67. The zero-order chi connectivity index (χ0) is 20.4. The number of hydrogen-bond donors (Lipinski definition) is 0. The van der Waals surface area contributed by atoms with E-state index in [-0.39, 0.29) is 23.5 Å². The van der Waals surface area contributed by atoms with Crippen molar-refractivity contribution in [2.45, 2.75) is 78.4 Å². The molecule has 0 aromatic carbocycles. The van der Waals surface area contributed by atoms with Gasteiger partial charge in [-0.25, -0.2) is 9.59 Å². The molecule has 0 radical (unpaired) electrons. The molecule has 0 bridgehead atoms. The first kappa shape index (κ1) is 21.3. The van der Waals surface area contributed by atoms with Crippen molar-refractivity contribution in [1.82, 2.24) is 14.7 Å². The number of esters is 1. The summed E-state index contributed by atoms with van der Waals surface area (Å²) in [5.41, 5.74) is 0.686. The normalized spacial score (nSPS) is 16.3. The third-order valence-electron chi connectivity index (χ3n) is 4.47. The van der Waals surface area contributed by atoms with Crippen molar-refractivity contribution >= 4 is 12.1 Å². The highest BCUT2D eigenvalue weighted by molar-refractivity contribution is 5.90. The summed E-state index contributed by atoms with van der Waals surface area (Å²) < 4.78 is 12.6. The van der Waals surface area contributed by atoms with E-state index in [9.17, 15) is 9.59 Å². The van der Waals surface area contributed by atoms with Crippen LogP contribution in [-0.2, 0) is 15.0 Å². The molecule has 1 aromatic heterocycles. The van der Waals surface area contributed by atoms with Crippen LogP contribution in [0.15, 0.2) is 6.20 Å². The molecule has 7 heteroatoms. The molecular weight excluding hydrogens is 346 g/mol. The monoisotopic (exact) mass is 379 g/mol. The Labute approximate surface area is 162 Å². The van der Waals surface area contributed by atoms with Crippen LogP contribution >= 0.6 is 0 Å². The minimum Gasteiger partial charge on any atom is -0.462 e. The fourth-order valence-corrected chi connectivity index (χ4v) is 3.31. The molecule has 0 aliphatic carbocycles. The van der Waals surface area contributed by atoms with E-state index >= 15 is 0 Å². The number of ether oxygens (including phenoxy) is 2. The van der Waals surface area contributed by atoms with E-state index in [2.05, 4.69) is 25.9 Å². The van der Waals surface area contributed by atoms with Crippen LogP contribution in [0.25, 0.3) is 0 Å². The standard InChI is InChI=1S/C20H33N3O4/c1-8-26-17(24)15-13-21-23(19(2,3)4)16(15)14-9-11-22(12-10-14)18(25)27-20(5,6)7/h13-14H,8-12H2,1-7H3. The molecule has 2 rings (SSSR count). The molecule has 0 atom stereocenters. The maximum Gasteiger partial charge on any atom is 0.410 e. The van der Waals surface area contributed by atoms with Crippen LogP contribution in [0.2, 0.25) is 0 Å². The van der Waals surface area contributed by atoms with Gasteiger partial charge in [-0.3, -0.25) is 4.68 Å². The maximum absolute atomic E-state index is 12.4. The first-order valence-electron chi connectivity index (χ1n) is 9.67. The molecule has 1 aliphatic rings. The van der Waals surface area contributed by atoms with Gasteiger partial charge in [0, 0.05) is 19.0 Å². The highest BCUT2D eigenvalue weighted by atomic mass is 16.6. The largest absolute Gasteiger partial charge is 0.462 e. The molecule has 0 unspecified atom stereocenters. The summed E-state index contributed by atoms with van der Waals surface area (Å²) in [5.74, 6) is -0.192. The predicted molar refractivity (Wildman–Crippen MR) is 103 cm³/mol. The average Bonchev–Trinajstić information content (AvgIpc) is 2.99. The summed E-state index contributed by atoms with van der Waals surface area (Å²) in [6.07, 6.45) is 2.84. The first-order chi connectivity index (χ1) is 12.4. The SMILES string of the molecule is CCOC(=O)c1cnn(C(C)(C)C)c1C1CCN(C(=O)OC(C)(C)C)CC1. The van der Waals surface area contributed by atoms with Crippen molar-refractivity contribution in [1.29, 1.82) is 0 Å². The van der Waals surface area contributed by atoms with Crippen LogP contribution in [0.3, 0.4) is 0 Å². The Hall–Kier alpha value is -2.05. The lowest BCUT2D eigenvalue weighted by Gasteiger charge is -2.35. The van der Waals surface area contributed by atoms with Gasteiger partial charge in [0.05, 0.1) is 24.0 Å². The summed E-state index contributed by atoms with van der Waals surface area (Å²) in [7, 11) is 0. The van der Waals surface area contributed by atoms with E-state index in [1.807, 2.05) is 25.5 Å². The van der Waals surface area contributed by atoms with Gasteiger partial charge in [-0.2, -0.15) is 5.10 Å². The number of rotatable bonds is 3. The fraction of sp³-hybridized carbons (Fsp3) is 0.750. The van der Waals surface area contributed by atoms with E-state index in [4.69, 9.17) is 9.47 Å². The Bertz CT molecular complexity index is 674. The highest BCUT2D eigenvalue weighted by Gasteiger charge is 2.34. The second-order valence-corrected chi connectivity index (χ2v) is 8.99. The summed E-state index contributed by atoms with van der Waals surface area (Å²) in [6.45, 7) is 15.1.